The molecule has 13 heteroatoms. The summed E-state index contributed by atoms with van der Waals surface area (Å²) in [5.41, 5.74) is 10.8. The van der Waals surface area contributed by atoms with Gasteiger partial charge in [0.05, 0.1) is 6.04 Å². The number of nitrogen functional groups attached to an aromatic ring is 1. The number of amides is 4. The standard InChI is InChI=1S/C14H17N5O7S/c15-9-3-1-8(2-4-9)12(20)16-17-13(21)11-6-5-10-7-18(11)14(22)19(10)26-27(23,24)25/h1-4,10-11H,5-7,15H2,(H,16,20)(H,17,21)(H,23,24,25)/t10-,11+/m1/s1. The van der Waals surface area contributed by atoms with Crippen LogP contribution in [0.25, 0.3) is 0 Å². The molecule has 1 aromatic carbocycles. The number of hydroxylamine groups is 2. The molecule has 4 amide bonds. The van der Waals surface area contributed by atoms with Gasteiger partial charge in [0.25, 0.3) is 11.8 Å². The van der Waals surface area contributed by atoms with Crippen LogP contribution in [-0.4, -0.2) is 59.4 Å². The van der Waals surface area contributed by atoms with Gasteiger partial charge >= 0.3 is 16.4 Å². The van der Waals surface area contributed by atoms with Crippen molar-refractivity contribution < 1.29 is 31.6 Å². The number of anilines is 1. The van der Waals surface area contributed by atoms with Gasteiger partial charge in [0.2, 0.25) is 0 Å². The second kappa shape index (κ2) is 7.02. The van der Waals surface area contributed by atoms with Gasteiger partial charge in [-0.1, -0.05) is 0 Å². The molecule has 0 aliphatic carbocycles. The van der Waals surface area contributed by atoms with Crippen molar-refractivity contribution in [2.75, 3.05) is 12.3 Å². The number of nitrogens with zero attached hydrogens (tertiary/aromatic N) is 2. The molecule has 27 heavy (non-hydrogen) atoms. The number of hydrogen-bond donors (Lipinski definition) is 4. The lowest BCUT2D eigenvalue weighted by atomic mass is 10.0. The molecule has 12 nitrogen and oxygen atoms in total. The third-order valence-corrected chi connectivity index (χ3v) is 4.62. The van der Waals surface area contributed by atoms with E-state index < -0.39 is 40.3 Å². The SMILES string of the molecule is Nc1ccc(C(=O)NNC(=O)[C@@H]2CC[C@@H]3CN2C(=O)N3OS(=O)(=O)O)cc1. The summed E-state index contributed by atoms with van der Waals surface area (Å²) >= 11 is 0. The molecule has 0 aromatic heterocycles. The Morgan fingerprint density at radius 1 is 1.19 bits per heavy atom. The number of piperidine rings is 1. The molecule has 0 saturated carbocycles. The van der Waals surface area contributed by atoms with E-state index in [2.05, 4.69) is 15.1 Å². The maximum atomic E-state index is 12.3. The zero-order chi connectivity index (χ0) is 19.8. The fourth-order valence-electron chi connectivity index (χ4n) is 3.01. The molecular formula is C14H17N5O7S. The molecule has 5 N–H and O–H groups in total. The molecule has 0 unspecified atom stereocenters. The molecule has 0 radical (unpaired) electrons. The third kappa shape index (κ3) is 4.10. The van der Waals surface area contributed by atoms with Crippen molar-refractivity contribution in [1.82, 2.24) is 20.8 Å². The molecule has 146 valence electrons. The topological polar surface area (TPSA) is 171 Å². The lowest BCUT2D eigenvalue weighted by molar-refractivity contribution is -0.126. The van der Waals surface area contributed by atoms with Crippen LogP contribution < -0.4 is 16.6 Å². The summed E-state index contributed by atoms with van der Waals surface area (Å²) in [5.74, 6) is -1.21. The average molecular weight is 399 g/mol. The van der Waals surface area contributed by atoms with Crippen LogP contribution in [0.4, 0.5) is 10.5 Å². The fraction of sp³-hybridized carbons (Fsp3) is 0.357. The van der Waals surface area contributed by atoms with Gasteiger partial charge < -0.3 is 10.6 Å². The maximum absolute atomic E-state index is 12.3. The number of carbonyl (C=O) groups excluding carboxylic acids is 3. The van der Waals surface area contributed by atoms with E-state index in [1.807, 2.05) is 0 Å². The Morgan fingerprint density at radius 2 is 1.85 bits per heavy atom. The van der Waals surface area contributed by atoms with Crippen molar-refractivity contribution >= 4 is 33.9 Å². The summed E-state index contributed by atoms with van der Waals surface area (Å²) in [5, 5.41) is 0.537. The summed E-state index contributed by atoms with van der Waals surface area (Å²) in [4.78, 5) is 37.7. The Bertz CT molecular complexity index is 872. The minimum Gasteiger partial charge on any atom is -0.399 e. The Balaban J connectivity index is 1.60. The minimum absolute atomic E-state index is 0.0539. The molecule has 2 bridgehead atoms. The number of carbonyl (C=O) groups is 3. The first-order valence-electron chi connectivity index (χ1n) is 7.88. The van der Waals surface area contributed by atoms with Crippen molar-refractivity contribution in [3.8, 4) is 0 Å². The van der Waals surface area contributed by atoms with E-state index in [1.165, 1.54) is 24.3 Å². The highest BCUT2D eigenvalue weighted by molar-refractivity contribution is 7.80. The van der Waals surface area contributed by atoms with Gasteiger partial charge in [0, 0.05) is 17.8 Å². The van der Waals surface area contributed by atoms with Gasteiger partial charge in [-0.3, -0.25) is 25.0 Å². The van der Waals surface area contributed by atoms with E-state index in [1.54, 1.807) is 0 Å². The summed E-state index contributed by atoms with van der Waals surface area (Å²) in [6.45, 7) is 0.0539. The van der Waals surface area contributed by atoms with Crippen LogP contribution in [0.3, 0.4) is 0 Å². The van der Waals surface area contributed by atoms with E-state index in [9.17, 15) is 22.8 Å². The highest BCUT2D eigenvalue weighted by Gasteiger charge is 2.49. The number of hydrogen-bond acceptors (Lipinski definition) is 7. The lowest BCUT2D eigenvalue weighted by Crippen LogP contribution is -2.54. The second-order valence-corrected chi connectivity index (χ2v) is 7.08. The van der Waals surface area contributed by atoms with Crippen LogP contribution in [0.5, 0.6) is 0 Å². The van der Waals surface area contributed by atoms with Gasteiger partial charge in [-0.05, 0) is 37.1 Å². The normalized spacial score (nSPS) is 21.9. The number of hydrazine groups is 1. The van der Waals surface area contributed by atoms with E-state index in [-0.39, 0.29) is 24.9 Å². The molecule has 2 aliphatic heterocycles. The van der Waals surface area contributed by atoms with Gasteiger partial charge in [0.15, 0.2) is 0 Å². The minimum atomic E-state index is -4.86. The molecule has 0 spiro atoms. The van der Waals surface area contributed by atoms with Gasteiger partial charge in [-0.25, -0.2) is 4.79 Å². The number of nitrogens with two attached hydrogens (primary N) is 1. The van der Waals surface area contributed by atoms with Crippen LogP contribution >= 0.6 is 0 Å². The van der Waals surface area contributed by atoms with Crippen LogP contribution in [0.1, 0.15) is 23.2 Å². The number of benzene rings is 1. The summed E-state index contributed by atoms with van der Waals surface area (Å²) in [6.07, 6.45) is 0.507. The first kappa shape index (κ1) is 18.9. The number of fused-ring (bicyclic) bond motifs is 2. The van der Waals surface area contributed by atoms with Gasteiger partial charge in [-0.2, -0.15) is 13.5 Å². The van der Waals surface area contributed by atoms with E-state index in [4.69, 9.17) is 10.3 Å². The number of nitrogens with one attached hydrogen (secondary N) is 2. The Hall–Kier alpha value is -2.90. The molecule has 2 aliphatic rings. The Kier molecular flexibility index (Phi) is 4.91. The number of rotatable bonds is 4. The monoisotopic (exact) mass is 399 g/mol. The second-order valence-electron chi connectivity index (χ2n) is 6.08. The first-order valence-corrected chi connectivity index (χ1v) is 9.25. The van der Waals surface area contributed by atoms with E-state index in [0.29, 0.717) is 10.8 Å². The third-order valence-electron chi connectivity index (χ3n) is 4.27. The zero-order valence-corrected chi connectivity index (χ0v) is 14.7. The van der Waals surface area contributed by atoms with E-state index >= 15 is 0 Å². The van der Waals surface area contributed by atoms with Crippen LogP contribution in [0, 0.1) is 0 Å². The molecule has 3 rings (SSSR count). The first-order chi connectivity index (χ1) is 12.7. The zero-order valence-electron chi connectivity index (χ0n) is 13.9. The largest absolute Gasteiger partial charge is 0.418 e. The van der Waals surface area contributed by atoms with Crippen LogP contribution in [0.15, 0.2) is 24.3 Å². The summed E-state index contributed by atoms with van der Waals surface area (Å²) in [6, 6.07) is 3.64. The molecule has 2 atom stereocenters. The summed E-state index contributed by atoms with van der Waals surface area (Å²) in [7, 11) is -4.86. The quantitative estimate of drug-likeness (QED) is 0.284. The predicted molar refractivity (Wildman–Crippen MR) is 89.8 cm³/mol. The Labute approximate surface area is 154 Å². The average Bonchev–Trinajstić information content (AvgIpc) is 2.83. The maximum Gasteiger partial charge on any atom is 0.418 e. The fourth-order valence-corrected chi connectivity index (χ4v) is 3.40. The van der Waals surface area contributed by atoms with Crippen molar-refractivity contribution in [3.05, 3.63) is 29.8 Å². The highest BCUT2D eigenvalue weighted by atomic mass is 32.3. The molecule has 1 aromatic rings. The summed E-state index contributed by atoms with van der Waals surface area (Å²) < 4.78 is 34.8. The van der Waals surface area contributed by atoms with Gasteiger partial charge in [-0.15, -0.1) is 4.28 Å². The smallest absolute Gasteiger partial charge is 0.399 e. The number of urea groups is 1. The van der Waals surface area contributed by atoms with Gasteiger partial charge in [0.1, 0.15) is 6.04 Å². The molecule has 2 heterocycles. The van der Waals surface area contributed by atoms with Crippen LogP contribution in [-0.2, 0) is 19.5 Å². The van der Waals surface area contributed by atoms with Crippen molar-refractivity contribution in [3.63, 3.8) is 0 Å². The molecule has 2 saturated heterocycles. The van der Waals surface area contributed by atoms with Crippen molar-refractivity contribution in [2.24, 2.45) is 0 Å². The molecule has 2 fully saturated rings. The lowest BCUT2D eigenvalue weighted by Gasteiger charge is -2.29. The Morgan fingerprint density at radius 3 is 2.48 bits per heavy atom. The highest BCUT2D eigenvalue weighted by Crippen LogP contribution is 2.30. The van der Waals surface area contributed by atoms with E-state index in [0.717, 1.165) is 4.90 Å². The molecular weight excluding hydrogens is 382 g/mol. The predicted octanol–water partition coefficient (Wildman–Crippen LogP) is -0.967. The van der Waals surface area contributed by atoms with Crippen molar-refractivity contribution in [1.29, 1.82) is 0 Å². The van der Waals surface area contributed by atoms with Crippen molar-refractivity contribution in [2.45, 2.75) is 24.9 Å². The van der Waals surface area contributed by atoms with Crippen LogP contribution in [0.2, 0.25) is 0 Å².